The van der Waals surface area contributed by atoms with E-state index in [0.29, 0.717) is 6.54 Å². The van der Waals surface area contributed by atoms with E-state index in [1.165, 1.54) is 12.1 Å². The Labute approximate surface area is 118 Å². The number of hydrogen-bond acceptors (Lipinski definition) is 3. The standard InChI is InChI=1S/C15H20FN3O/c1-10(12-5-7-13(16)8-6-12)17-9-14-11(2)18-19(3)15(14)20-4/h5-8,10,17H,9H2,1-4H3/t10-/m0/s1. The lowest BCUT2D eigenvalue weighted by Crippen LogP contribution is -2.18. The highest BCUT2D eigenvalue weighted by molar-refractivity contribution is 5.31. The van der Waals surface area contributed by atoms with Crippen molar-refractivity contribution in [3.63, 3.8) is 0 Å². The van der Waals surface area contributed by atoms with Crippen molar-refractivity contribution in [2.45, 2.75) is 26.4 Å². The third kappa shape index (κ3) is 2.99. The van der Waals surface area contributed by atoms with Gasteiger partial charge in [-0.25, -0.2) is 9.07 Å². The summed E-state index contributed by atoms with van der Waals surface area (Å²) < 4.78 is 20.0. The summed E-state index contributed by atoms with van der Waals surface area (Å²) in [6.07, 6.45) is 0. The first-order valence-corrected chi connectivity index (χ1v) is 6.58. The highest BCUT2D eigenvalue weighted by Crippen LogP contribution is 2.22. The average molecular weight is 277 g/mol. The number of hydrogen-bond donors (Lipinski definition) is 1. The molecule has 0 saturated heterocycles. The molecule has 0 fully saturated rings. The van der Waals surface area contributed by atoms with Crippen LogP contribution in [0.15, 0.2) is 24.3 Å². The summed E-state index contributed by atoms with van der Waals surface area (Å²) in [4.78, 5) is 0. The van der Waals surface area contributed by atoms with Crippen LogP contribution >= 0.6 is 0 Å². The van der Waals surface area contributed by atoms with Crippen molar-refractivity contribution in [1.82, 2.24) is 15.1 Å². The molecule has 2 rings (SSSR count). The Hall–Kier alpha value is -1.88. The number of aromatic nitrogens is 2. The van der Waals surface area contributed by atoms with E-state index in [-0.39, 0.29) is 11.9 Å². The van der Waals surface area contributed by atoms with Gasteiger partial charge in [0, 0.05) is 19.6 Å². The average Bonchev–Trinajstić information content (AvgIpc) is 2.70. The van der Waals surface area contributed by atoms with E-state index in [9.17, 15) is 4.39 Å². The van der Waals surface area contributed by atoms with Gasteiger partial charge in [0.25, 0.3) is 0 Å². The molecule has 1 atom stereocenters. The molecule has 4 nitrogen and oxygen atoms in total. The second-order valence-electron chi connectivity index (χ2n) is 4.85. The molecular formula is C15H20FN3O. The van der Waals surface area contributed by atoms with Crippen molar-refractivity contribution in [2.24, 2.45) is 7.05 Å². The topological polar surface area (TPSA) is 39.1 Å². The van der Waals surface area contributed by atoms with E-state index < -0.39 is 0 Å². The first kappa shape index (κ1) is 14.5. The predicted molar refractivity (Wildman–Crippen MR) is 76.2 cm³/mol. The number of benzene rings is 1. The van der Waals surface area contributed by atoms with Gasteiger partial charge < -0.3 is 10.1 Å². The van der Waals surface area contributed by atoms with Crippen LogP contribution in [0.25, 0.3) is 0 Å². The zero-order chi connectivity index (χ0) is 14.7. The van der Waals surface area contributed by atoms with Crippen LogP contribution in [0.4, 0.5) is 4.39 Å². The van der Waals surface area contributed by atoms with E-state index in [2.05, 4.69) is 10.4 Å². The summed E-state index contributed by atoms with van der Waals surface area (Å²) in [5.41, 5.74) is 3.04. The molecule has 0 spiro atoms. The Morgan fingerprint density at radius 1 is 1.35 bits per heavy atom. The van der Waals surface area contributed by atoms with Gasteiger partial charge >= 0.3 is 0 Å². The molecule has 20 heavy (non-hydrogen) atoms. The van der Waals surface area contributed by atoms with E-state index in [0.717, 1.165) is 22.7 Å². The third-order valence-electron chi connectivity index (χ3n) is 3.44. The quantitative estimate of drug-likeness (QED) is 0.913. The number of aryl methyl sites for hydroxylation is 2. The van der Waals surface area contributed by atoms with Crippen molar-refractivity contribution in [1.29, 1.82) is 0 Å². The van der Waals surface area contributed by atoms with Crippen LogP contribution in [0.5, 0.6) is 5.88 Å². The minimum Gasteiger partial charge on any atom is -0.481 e. The van der Waals surface area contributed by atoms with Crippen LogP contribution in [0, 0.1) is 12.7 Å². The van der Waals surface area contributed by atoms with Gasteiger partial charge in [-0.15, -0.1) is 0 Å². The minimum absolute atomic E-state index is 0.125. The second kappa shape index (κ2) is 6.05. The van der Waals surface area contributed by atoms with E-state index >= 15 is 0 Å². The van der Waals surface area contributed by atoms with Crippen LogP contribution in [0.3, 0.4) is 0 Å². The number of rotatable bonds is 5. The molecule has 1 N–H and O–H groups in total. The number of methoxy groups -OCH3 is 1. The molecule has 2 aromatic rings. The van der Waals surface area contributed by atoms with Crippen molar-refractivity contribution in [3.05, 3.63) is 46.9 Å². The van der Waals surface area contributed by atoms with Crippen molar-refractivity contribution < 1.29 is 9.13 Å². The number of ether oxygens (including phenoxy) is 1. The fourth-order valence-corrected chi connectivity index (χ4v) is 2.26. The lowest BCUT2D eigenvalue weighted by Gasteiger charge is -2.14. The summed E-state index contributed by atoms with van der Waals surface area (Å²) in [7, 11) is 3.50. The lowest BCUT2D eigenvalue weighted by molar-refractivity contribution is 0.367. The van der Waals surface area contributed by atoms with Gasteiger partial charge in [0.2, 0.25) is 5.88 Å². The molecule has 0 saturated carbocycles. The zero-order valence-corrected chi connectivity index (χ0v) is 12.3. The van der Waals surface area contributed by atoms with Crippen molar-refractivity contribution >= 4 is 0 Å². The fraction of sp³-hybridized carbons (Fsp3) is 0.400. The highest BCUT2D eigenvalue weighted by Gasteiger charge is 2.14. The van der Waals surface area contributed by atoms with Gasteiger partial charge in [-0.05, 0) is 31.5 Å². The number of nitrogens with one attached hydrogen (secondary N) is 1. The maximum atomic E-state index is 12.9. The van der Waals surface area contributed by atoms with Gasteiger partial charge in [-0.1, -0.05) is 12.1 Å². The maximum Gasteiger partial charge on any atom is 0.216 e. The monoisotopic (exact) mass is 277 g/mol. The lowest BCUT2D eigenvalue weighted by atomic mass is 10.1. The maximum absolute atomic E-state index is 12.9. The SMILES string of the molecule is COc1c(CN[C@@H](C)c2ccc(F)cc2)c(C)nn1C. The molecule has 0 aliphatic rings. The first-order chi connectivity index (χ1) is 9.52. The smallest absolute Gasteiger partial charge is 0.216 e. The predicted octanol–water partition coefficient (Wildman–Crippen LogP) is 2.73. The van der Waals surface area contributed by atoms with Gasteiger partial charge in [0.15, 0.2) is 0 Å². The molecule has 5 heteroatoms. The highest BCUT2D eigenvalue weighted by atomic mass is 19.1. The van der Waals surface area contributed by atoms with Crippen LogP contribution in [0.2, 0.25) is 0 Å². The summed E-state index contributed by atoms with van der Waals surface area (Å²) in [6, 6.07) is 6.66. The number of halogens is 1. The fourth-order valence-electron chi connectivity index (χ4n) is 2.26. The Bertz CT molecular complexity index is 578. The molecule has 0 amide bonds. The zero-order valence-electron chi connectivity index (χ0n) is 12.3. The molecule has 0 aliphatic carbocycles. The van der Waals surface area contributed by atoms with Gasteiger partial charge in [0.1, 0.15) is 5.82 Å². The summed E-state index contributed by atoms with van der Waals surface area (Å²) in [5, 5.41) is 7.75. The second-order valence-corrected chi connectivity index (χ2v) is 4.85. The van der Waals surface area contributed by atoms with E-state index in [4.69, 9.17) is 4.74 Å². The van der Waals surface area contributed by atoms with E-state index in [1.807, 2.05) is 20.9 Å². The molecule has 108 valence electrons. The Morgan fingerprint density at radius 3 is 2.60 bits per heavy atom. The Morgan fingerprint density at radius 2 is 2.00 bits per heavy atom. The summed E-state index contributed by atoms with van der Waals surface area (Å²) >= 11 is 0. The Balaban J connectivity index is 2.07. The molecule has 0 unspecified atom stereocenters. The number of nitrogens with zero attached hydrogens (tertiary/aromatic N) is 2. The largest absolute Gasteiger partial charge is 0.481 e. The third-order valence-corrected chi connectivity index (χ3v) is 3.44. The molecule has 1 aromatic heterocycles. The molecular weight excluding hydrogens is 257 g/mol. The van der Waals surface area contributed by atoms with Crippen molar-refractivity contribution in [2.75, 3.05) is 7.11 Å². The molecule has 0 bridgehead atoms. The van der Waals surface area contributed by atoms with Crippen LogP contribution < -0.4 is 10.1 Å². The van der Waals surface area contributed by atoms with Gasteiger partial charge in [-0.3, -0.25) is 0 Å². The normalized spacial score (nSPS) is 12.4. The molecule has 0 radical (unpaired) electrons. The van der Waals surface area contributed by atoms with Crippen LogP contribution in [-0.4, -0.2) is 16.9 Å². The Kier molecular flexibility index (Phi) is 4.39. The molecule has 1 aromatic carbocycles. The summed E-state index contributed by atoms with van der Waals surface area (Å²) in [6.45, 7) is 4.66. The first-order valence-electron chi connectivity index (χ1n) is 6.58. The summed E-state index contributed by atoms with van der Waals surface area (Å²) in [5.74, 6) is 0.548. The minimum atomic E-state index is -0.217. The van der Waals surface area contributed by atoms with Crippen LogP contribution in [0.1, 0.15) is 29.8 Å². The van der Waals surface area contributed by atoms with Crippen LogP contribution in [-0.2, 0) is 13.6 Å². The molecule has 1 heterocycles. The van der Waals surface area contributed by atoms with Gasteiger partial charge in [0.05, 0.1) is 18.4 Å². The van der Waals surface area contributed by atoms with Gasteiger partial charge in [-0.2, -0.15) is 5.10 Å². The van der Waals surface area contributed by atoms with Crippen molar-refractivity contribution in [3.8, 4) is 5.88 Å². The van der Waals surface area contributed by atoms with E-state index in [1.54, 1.807) is 23.9 Å². The molecule has 0 aliphatic heterocycles.